The first-order valence-electron chi connectivity index (χ1n) is 16.1. The summed E-state index contributed by atoms with van der Waals surface area (Å²) in [5.74, 6) is 0.312. The summed E-state index contributed by atoms with van der Waals surface area (Å²) in [4.78, 5) is 12.0. The number of aliphatic hydroxyl groups is 1. The van der Waals surface area contributed by atoms with Crippen molar-refractivity contribution in [1.82, 2.24) is 0 Å². The molecule has 0 amide bonds. The maximum Gasteiger partial charge on any atom is 0.351 e. The first-order valence-corrected chi connectivity index (χ1v) is 17.3. The third kappa shape index (κ3) is 10.3. The number of carbonyl (C=O) groups excluding carboxylic acids is 1. The number of carbonyl (C=O) groups is 1. The SMILES string of the molecule is CCCCCCC=C[C@H]1CC[C@H](O)[C@@H]1CCCCC(OC1CCCCO1)C(OC1CCCCO1)(SC)C(=O)OC. The van der Waals surface area contributed by atoms with Crippen LogP contribution in [0.5, 0.6) is 0 Å². The number of hydrogen-bond donors (Lipinski definition) is 1. The van der Waals surface area contributed by atoms with Crippen molar-refractivity contribution in [2.75, 3.05) is 26.6 Å². The summed E-state index contributed by atoms with van der Waals surface area (Å²) < 4.78 is 30.1. The molecule has 1 N–H and O–H groups in total. The molecule has 0 spiro atoms. The van der Waals surface area contributed by atoms with E-state index in [-0.39, 0.29) is 12.4 Å². The Morgan fingerprint density at radius 2 is 1.75 bits per heavy atom. The minimum Gasteiger partial charge on any atom is -0.466 e. The van der Waals surface area contributed by atoms with E-state index in [1.54, 1.807) is 0 Å². The van der Waals surface area contributed by atoms with Gasteiger partial charge in [-0.05, 0) is 95.1 Å². The lowest BCUT2D eigenvalue weighted by molar-refractivity contribution is -0.261. The molecule has 2 heterocycles. The molecule has 3 rings (SSSR count). The van der Waals surface area contributed by atoms with E-state index in [2.05, 4.69) is 19.1 Å². The first kappa shape index (κ1) is 33.9. The normalized spacial score (nSPS) is 29.9. The fraction of sp³-hybridized carbons (Fsp3) is 0.906. The van der Waals surface area contributed by atoms with Crippen LogP contribution in [-0.4, -0.2) is 67.4 Å². The maximum absolute atomic E-state index is 13.3. The summed E-state index contributed by atoms with van der Waals surface area (Å²) in [6.07, 6.45) is 22.3. The topological polar surface area (TPSA) is 83.5 Å². The Morgan fingerprint density at radius 1 is 1.00 bits per heavy atom. The minimum atomic E-state index is -1.33. The van der Waals surface area contributed by atoms with Crippen LogP contribution in [0.3, 0.4) is 0 Å². The largest absolute Gasteiger partial charge is 0.466 e. The molecule has 0 aromatic heterocycles. The number of thioether (sulfide) groups is 1. The lowest BCUT2D eigenvalue weighted by atomic mass is 9.88. The highest BCUT2D eigenvalue weighted by Gasteiger charge is 2.51. The second-order valence-electron chi connectivity index (χ2n) is 11.7. The van der Waals surface area contributed by atoms with Crippen molar-refractivity contribution < 1.29 is 33.6 Å². The van der Waals surface area contributed by atoms with Crippen LogP contribution in [-0.2, 0) is 28.5 Å². The smallest absolute Gasteiger partial charge is 0.351 e. The van der Waals surface area contributed by atoms with E-state index in [0.29, 0.717) is 31.5 Å². The van der Waals surface area contributed by atoms with Gasteiger partial charge in [-0.1, -0.05) is 51.2 Å². The van der Waals surface area contributed by atoms with Gasteiger partial charge in [-0.25, -0.2) is 4.79 Å². The van der Waals surface area contributed by atoms with Crippen LogP contribution in [0, 0.1) is 11.8 Å². The fourth-order valence-electron chi connectivity index (χ4n) is 6.40. The zero-order valence-electron chi connectivity index (χ0n) is 25.4. The van der Waals surface area contributed by atoms with Gasteiger partial charge in [0.25, 0.3) is 0 Å². The molecule has 0 aromatic carbocycles. The second kappa shape index (κ2) is 18.8. The summed E-state index contributed by atoms with van der Waals surface area (Å²) in [6, 6.07) is 0. The van der Waals surface area contributed by atoms with Gasteiger partial charge >= 0.3 is 5.97 Å². The molecule has 2 aliphatic heterocycles. The van der Waals surface area contributed by atoms with Crippen molar-refractivity contribution in [1.29, 1.82) is 0 Å². The molecule has 3 fully saturated rings. The molecule has 2 saturated heterocycles. The molecule has 0 radical (unpaired) electrons. The predicted molar refractivity (Wildman–Crippen MR) is 160 cm³/mol. The van der Waals surface area contributed by atoms with Crippen LogP contribution < -0.4 is 0 Å². The maximum atomic E-state index is 13.3. The van der Waals surface area contributed by atoms with E-state index in [4.69, 9.17) is 23.7 Å². The molecule has 1 saturated carbocycles. The Morgan fingerprint density at radius 3 is 2.40 bits per heavy atom. The molecular weight excluding hydrogens is 528 g/mol. The third-order valence-corrected chi connectivity index (χ3v) is 9.93. The van der Waals surface area contributed by atoms with Gasteiger partial charge in [0, 0.05) is 13.2 Å². The number of hydrogen-bond acceptors (Lipinski definition) is 8. The van der Waals surface area contributed by atoms with Crippen LogP contribution in [0.2, 0.25) is 0 Å². The Labute approximate surface area is 247 Å². The highest BCUT2D eigenvalue weighted by molar-refractivity contribution is 8.00. The average molecular weight is 585 g/mol. The summed E-state index contributed by atoms with van der Waals surface area (Å²) in [6.45, 7) is 3.54. The molecule has 3 aliphatic rings. The molecule has 7 nitrogen and oxygen atoms in total. The minimum absolute atomic E-state index is 0.232. The number of rotatable bonds is 18. The van der Waals surface area contributed by atoms with E-state index >= 15 is 0 Å². The monoisotopic (exact) mass is 584 g/mol. The van der Waals surface area contributed by atoms with Crippen molar-refractivity contribution >= 4 is 17.7 Å². The van der Waals surface area contributed by atoms with Gasteiger partial charge in [-0.15, -0.1) is 11.8 Å². The van der Waals surface area contributed by atoms with Gasteiger partial charge in [0.2, 0.25) is 4.93 Å². The van der Waals surface area contributed by atoms with E-state index in [1.165, 1.54) is 44.6 Å². The lowest BCUT2D eigenvalue weighted by Gasteiger charge is -2.41. The van der Waals surface area contributed by atoms with Crippen molar-refractivity contribution in [3.63, 3.8) is 0 Å². The molecule has 8 heteroatoms. The fourth-order valence-corrected chi connectivity index (χ4v) is 7.29. The van der Waals surface area contributed by atoms with Crippen molar-refractivity contribution in [2.24, 2.45) is 11.8 Å². The number of aliphatic hydroxyl groups excluding tert-OH is 1. The molecule has 0 bridgehead atoms. The van der Waals surface area contributed by atoms with E-state index in [1.807, 2.05) is 6.26 Å². The standard InChI is InChI=1S/C32H56O7S/c1-4-5-6-7-8-9-16-25-21-22-27(33)26(25)17-10-11-18-28(38-29-19-12-14-23-36-29)32(40-3,31(34)35-2)39-30-20-13-15-24-37-30/h9,16,25-30,33H,4-8,10-15,17-24H2,1-3H3/t25-,26+,27-,28?,29?,30?,32?/m0/s1. The molecule has 7 atom stereocenters. The van der Waals surface area contributed by atoms with Gasteiger partial charge < -0.3 is 28.8 Å². The Kier molecular flexibility index (Phi) is 15.9. The summed E-state index contributed by atoms with van der Waals surface area (Å²) >= 11 is 1.33. The molecule has 4 unspecified atom stereocenters. The van der Waals surface area contributed by atoms with E-state index in [0.717, 1.165) is 77.0 Å². The van der Waals surface area contributed by atoms with Crippen LogP contribution in [0.25, 0.3) is 0 Å². The van der Waals surface area contributed by atoms with Gasteiger partial charge in [0.1, 0.15) is 6.10 Å². The molecule has 1 aliphatic carbocycles. The van der Waals surface area contributed by atoms with Crippen LogP contribution in [0.4, 0.5) is 0 Å². The summed E-state index contributed by atoms with van der Waals surface area (Å²) in [7, 11) is 1.41. The van der Waals surface area contributed by atoms with Gasteiger partial charge in [0.15, 0.2) is 12.6 Å². The lowest BCUT2D eigenvalue weighted by Crippen LogP contribution is -2.54. The Hall–Kier alpha value is -0.640. The van der Waals surface area contributed by atoms with Gasteiger partial charge in [-0.3, -0.25) is 0 Å². The molecule has 0 aromatic rings. The zero-order chi connectivity index (χ0) is 28.6. The highest BCUT2D eigenvalue weighted by Crippen LogP contribution is 2.40. The number of unbranched alkanes of at least 4 members (excludes halogenated alkanes) is 5. The van der Waals surface area contributed by atoms with Crippen molar-refractivity contribution in [3.8, 4) is 0 Å². The summed E-state index contributed by atoms with van der Waals surface area (Å²) in [5.41, 5.74) is 0. The zero-order valence-corrected chi connectivity index (χ0v) is 26.2. The second-order valence-corrected chi connectivity index (χ2v) is 12.7. The predicted octanol–water partition coefficient (Wildman–Crippen LogP) is 7.15. The number of ether oxygens (including phenoxy) is 5. The molecular formula is C32H56O7S. The number of methoxy groups -OCH3 is 1. The molecule has 40 heavy (non-hydrogen) atoms. The Bertz CT molecular complexity index is 722. The van der Waals surface area contributed by atoms with Gasteiger partial charge in [0.05, 0.1) is 13.2 Å². The Balaban J connectivity index is 1.62. The average Bonchev–Trinajstić information content (AvgIpc) is 3.34. The quantitative estimate of drug-likeness (QED) is 0.0787. The van der Waals surface area contributed by atoms with Crippen LogP contribution >= 0.6 is 11.8 Å². The summed E-state index contributed by atoms with van der Waals surface area (Å²) in [5, 5.41) is 10.7. The van der Waals surface area contributed by atoms with Crippen molar-refractivity contribution in [2.45, 2.75) is 146 Å². The van der Waals surface area contributed by atoms with Gasteiger partial charge in [-0.2, -0.15) is 0 Å². The van der Waals surface area contributed by atoms with Crippen LogP contribution in [0.1, 0.15) is 116 Å². The van der Waals surface area contributed by atoms with Crippen molar-refractivity contribution in [3.05, 3.63) is 12.2 Å². The van der Waals surface area contributed by atoms with E-state index in [9.17, 15) is 9.90 Å². The van der Waals surface area contributed by atoms with E-state index < -0.39 is 23.3 Å². The molecule has 232 valence electrons. The number of esters is 1. The third-order valence-electron chi connectivity index (χ3n) is 8.80. The first-order chi connectivity index (χ1) is 19.5. The number of allylic oxidation sites excluding steroid dienone is 2. The van der Waals surface area contributed by atoms with Crippen LogP contribution in [0.15, 0.2) is 12.2 Å². The highest BCUT2D eigenvalue weighted by atomic mass is 32.2.